The van der Waals surface area contributed by atoms with E-state index in [4.69, 9.17) is 18.8 Å². The van der Waals surface area contributed by atoms with Gasteiger partial charge in [-0.2, -0.15) is 0 Å². The van der Waals surface area contributed by atoms with Gasteiger partial charge in [-0.3, -0.25) is 0 Å². The van der Waals surface area contributed by atoms with Gasteiger partial charge in [0.2, 0.25) is 0 Å². The van der Waals surface area contributed by atoms with Crippen molar-refractivity contribution in [1.29, 1.82) is 0 Å². The van der Waals surface area contributed by atoms with Gasteiger partial charge >= 0.3 is 13.2 Å². The maximum atomic E-state index is 12.2. The summed E-state index contributed by atoms with van der Waals surface area (Å²) in [6, 6.07) is 5.78. The highest BCUT2D eigenvalue weighted by atomic mass is 16.7. The molecule has 0 unspecified atom stereocenters. The molecule has 0 saturated carbocycles. The standard InChI is InChI=1S/C20H32BNO5/c1-18(2,3)25-17(23)22(8)13-14-10-11-15(12-16(14)24-9)21-26-19(4,5)20(6,7)27-21/h10-12H,13H2,1-9H3. The maximum absolute atomic E-state index is 12.2. The number of methoxy groups -OCH3 is 1. The Morgan fingerprint density at radius 3 is 2.19 bits per heavy atom. The fraction of sp³-hybridized carbons (Fsp3) is 0.650. The van der Waals surface area contributed by atoms with Gasteiger partial charge in [-0.1, -0.05) is 12.1 Å². The molecule has 27 heavy (non-hydrogen) atoms. The Morgan fingerprint density at radius 2 is 1.70 bits per heavy atom. The second-order valence-corrected chi connectivity index (χ2v) is 9.00. The molecule has 0 radical (unpaired) electrons. The second-order valence-electron chi connectivity index (χ2n) is 9.00. The van der Waals surface area contributed by atoms with E-state index >= 15 is 0 Å². The maximum Gasteiger partial charge on any atom is 0.494 e. The first kappa shape index (κ1) is 21.6. The summed E-state index contributed by atoms with van der Waals surface area (Å²) in [5.74, 6) is 0.678. The van der Waals surface area contributed by atoms with Gasteiger partial charge < -0.3 is 23.7 Å². The molecule has 1 aliphatic rings. The lowest BCUT2D eigenvalue weighted by atomic mass is 9.78. The third-order valence-corrected chi connectivity index (χ3v) is 4.95. The average Bonchev–Trinajstić information content (AvgIpc) is 2.74. The van der Waals surface area contributed by atoms with E-state index in [-0.39, 0.29) is 6.09 Å². The van der Waals surface area contributed by atoms with E-state index < -0.39 is 23.9 Å². The molecule has 1 aromatic carbocycles. The van der Waals surface area contributed by atoms with Gasteiger partial charge in [0.05, 0.1) is 24.9 Å². The van der Waals surface area contributed by atoms with Gasteiger partial charge in [0, 0.05) is 12.6 Å². The number of hydrogen-bond acceptors (Lipinski definition) is 5. The lowest BCUT2D eigenvalue weighted by Crippen LogP contribution is -2.41. The molecule has 1 aromatic rings. The first-order valence-corrected chi connectivity index (χ1v) is 9.22. The molecule has 7 heteroatoms. The summed E-state index contributed by atoms with van der Waals surface area (Å²) in [7, 11) is 2.86. The monoisotopic (exact) mass is 377 g/mol. The number of benzene rings is 1. The minimum absolute atomic E-state index is 0.375. The first-order chi connectivity index (χ1) is 12.3. The molecule has 0 spiro atoms. The number of hydrogen-bond donors (Lipinski definition) is 0. The summed E-state index contributed by atoms with van der Waals surface area (Å²) in [5.41, 5.74) is 0.428. The summed E-state index contributed by atoms with van der Waals surface area (Å²) in [5, 5.41) is 0. The molecule has 150 valence electrons. The molecule has 2 rings (SSSR count). The summed E-state index contributed by atoms with van der Waals surface area (Å²) in [6.07, 6.45) is -0.375. The Labute approximate surface area is 163 Å². The highest BCUT2D eigenvalue weighted by Crippen LogP contribution is 2.36. The van der Waals surface area contributed by atoms with Crippen molar-refractivity contribution >= 4 is 18.7 Å². The van der Waals surface area contributed by atoms with Gasteiger partial charge in [-0.15, -0.1) is 0 Å². The van der Waals surface area contributed by atoms with Crippen LogP contribution in [0.3, 0.4) is 0 Å². The van der Waals surface area contributed by atoms with Crippen LogP contribution in [0.4, 0.5) is 4.79 Å². The molecule has 0 N–H and O–H groups in total. The van der Waals surface area contributed by atoms with Gasteiger partial charge in [-0.05, 0) is 60.0 Å². The number of nitrogens with zero attached hydrogens (tertiary/aromatic N) is 1. The van der Waals surface area contributed by atoms with Gasteiger partial charge in [-0.25, -0.2) is 4.79 Å². The summed E-state index contributed by atoms with van der Waals surface area (Å²) in [6.45, 7) is 14.0. The smallest absolute Gasteiger partial charge is 0.494 e. The molecule has 1 fully saturated rings. The number of carbonyl (C=O) groups is 1. The summed E-state index contributed by atoms with van der Waals surface area (Å²) >= 11 is 0. The van der Waals surface area contributed by atoms with Crippen molar-refractivity contribution in [1.82, 2.24) is 4.90 Å². The minimum Gasteiger partial charge on any atom is -0.496 e. The molecule has 0 bridgehead atoms. The molecule has 1 aliphatic heterocycles. The van der Waals surface area contributed by atoms with Crippen LogP contribution in [0.1, 0.15) is 54.0 Å². The van der Waals surface area contributed by atoms with Crippen LogP contribution in [-0.2, 0) is 20.6 Å². The fourth-order valence-corrected chi connectivity index (χ4v) is 2.68. The number of rotatable bonds is 4. The molecule has 0 atom stereocenters. The third-order valence-electron chi connectivity index (χ3n) is 4.95. The largest absolute Gasteiger partial charge is 0.496 e. The molecular formula is C20H32BNO5. The van der Waals surface area contributed by atoms with Crippen molar-refractivity contribution in [3.63, 3.8) is 0 Å². The average molecular weight is 377 g/mol. The van der Waals surface area contributed by atoms with E-state index in [9.17, 15) is 4.79 Å². The van der Waals surface area contributed by atoms with Crippen LogP contribution >= 0.6 is 0 Å². The van der Waals surface area contributed by atoms with Crippen molar-refractivity contribution in [2.75, 3.05) is 14.2 Å². The second kappa shape index (κ2) is 7.36. The predicted molar refractivity (Wildman–Crippen MR) is 106 cm³/mol. The van der Waals surface area contributed by atoms with Crippen LogP contribution in [0, 0.1) is 0 Å². The number of carbonyl (C=O) groups excluding carboxylic acids is 1. The Bertz CT molecular complexity index is 680. The van der Waals surface area contributed by atoms with E-state index in [0.717, 1.165) is 11.0 Å². The minimum atomic E-state index is -0.532. The van der Waals surface area contributed by atoms with E-state index in [1.54, 1.807) is 14.2 Å². The molecule has 1 heterocycles. The van der Waals surface area contributed by atoms with Gasteiger partial charge in [0.15, 0.2) is 0 Å². The van der Waals surface area contributed by atoms with Crippen LogP contribution in [-0.4, -0.2) is 49.1 Å². The van der Waals surface area contributed by atoms with E-state index in [1.807, 2.05) is 66.7 Å². The van der Waals surface area contributed by atoms with Crippen molar-refractivity contribution in [3.05, 3.63) is 23.8 Å². The topological polar surface area (TPSA) is 57.2 Å². The van der Waals surface area contributed by atoms with Gasteiger partial charge in [0.25, 0.3) is 0 Å². The van der Waals surface area contributed by atoms with Crippen LogP contribution in [0.25, 0.3) is 0 Å². The Hall–Kier alpha value is -1.73. The molecule has 0 aliphatic carbocycles. The van der Waals surface area contributed by atoms with Crippen LogP contribution in [0.15, 0.2) is 18.2 Å². The van der Waals surface area contributed by atoms with E-state index in [0.29, 0.717) is 12.3 Å². The Kier molecular flexibility index (Phi) is 5.88. The zero-order valence-corrected chi connectivity index (χ0v) is 18.0. The Morgan fingerprint density at radius 1 is 1.15 bits per heavy atom. The highest BCUT2D eigenvalue weighted by molar-refractivity contribution is 6.62. The van der Waals surface area contributed by atoms with Crippen LogP contribution in [0.5, 0.6) is 5.75 Å². The summed E-state index contributed by atoms with van der Waals surface area (Å²) < 4.78 is 23.1. The zero-order chi connectivity index (χ0) is 20.6. The van der Waals surface area contributed by atoms with E-state index in [1.165, 1.54) is 4.90 Å². The predicted octanol–water partition coefficient (Wildman–Crippen LogP) is 3.36. The quantitative estimate of drug-likeness (QED) is 0.754. The third kappa shape index (κ3) is 4.96. The van der Waals surface area contributed by atoms with Crippen molar-refractivity contribution < 1.29 is 23.6 Å². The number of ether oxygens (including phenoxy) is 2. The SMILES string of the molecule is COc1cc(B2OC(C)(C)C(C)(C)O2)ccc1CN(C)C(=O)OC(C)(C)C. The van der Waals surface area contributed by atoms with Crippen molar-refractivity contribution in [3.8, 4) is 5.75 Å². The van der Waals surface area contributed by atoms with Crippen molar-refractivity contribution in [2.24, 2.45) is 0 Å². The zero-order valence-electron chi connectivity index (χ0n) is 18.0. The van der Waals surface area contributed by atoms with Crippen LogP contribution < -0.4 is 10.2 Å². The molecule has 0 aromatic heterocycles. The van der Waals surface area contributed by atoms with Crippen LogP contribution in [0.2, 0.25) is 0 Å². The lowest BCUT2D eigenvalue weighted by molar-refractivity contribution is 0.00578. The number of amides is 1. The van der Waals surface area contributed by atoms with Gasteiger partial charge in [0.1, 0.15) is 11.4 Å². The first-order valence-electron chi connectivity index (χ1n) is 9.22. The molecular weight excluding hydrogens is 345 g/mol. The summed E-state index contributed by atoms with van der Waals surface area (Å²) in [4.78, 5) is 13.7. The molecule has 6 nitrogen and oxygen atoms in total. The molecule has 1 amide bonds. The fourth-order valence-electron chi connectivity index (χ4n) is 2.68. The van der Waals surface area contributed by atoms with E-state index in [2.05, 4.69) is 0 Å². The normalized spacial score (nSPS) is 18.3. The lowest BCUT2D eigenvalue weighted by Gasteiger charge is -2.32. The molecule has 1 saturated heterocycles. The van der Waals surface area contributed by atoms with Crippen molar-refractivity contribution in [2.45, 2.75) is 71.8 Å². The Balaban J connectivity index is 2.16. The highest BCUT2D eigenvalue weighted by Gasteiger charge is 2.51.